The van der Waals surface area contributed by atoms with E-state index in [0.717, 1.165) is 0 Å². The van der Waals surface area contributed by atoms with Crippen LogP contribution in [-0.2, 0) is 0 Å². The molecule has 0 N–H and O–H groups in total. The van der Waals surface area contributed by atoms with Crippen LogP contribution >= 0.6 is 55.1 Å². The molecule has 1 aromatic carbocycles. The summed E-state index contributed by atoms with van der Waals surface area (Å²) in [5.74, 6) is -0.616. The van der Waals surface area contributed by atoms with Gasteiger partial charge < -0.3 is 0 Å². The number of benzene rings is 1. The first-order chi connectivity index (χ1) is 5.04. The topological polar surface area (TPSA) is 0 Å². The summed E-state index contributed by atoms with van der Waals surface area (Å²) in [6.07, 6.45) is 0. The first-order valence-corrected chi connectivity index (χ1v) is 4.86. The summed E-state index contributed by atoms with van der Waals surface area (Å²) in [7, 11) is 0. The maximum absolute atomic E-state index is 12.9. The summed E-state index contributed by atoms with van der Waals surface area (Å²) in [4.78, 5) is 0. The normalized spacial score (nSPS) is 10.3. The third-order valence-electron chi connectivity index (χ3n) is 1.06. The van der Waals surface area contributed by atoms with Gasteiger partial charge in [0.05, 0.1) is 10.0 Å². The van der Waals surface area contributed by atoms with Crippen LogP contribution in [0.2, 0.25) is 10.0 Å². The van der Waals surface area contributed by atoms with Crippen molar-refractivity contribution in [2.75, 3.05) is 0 Å². The monoisotopic (exact) mass is 320 g/mol. The quantitative estimate of drug-likeness (QED) is 0.481. The first-order valence-electron chi connectivity index (χ1n) is 2.52. The highest BCUT2D eigenvalue weighted by Crippen LogP contribution is 2.35. The SMILES string of the molecule is Fc1c(Cl)c(Br)cc(Br)c1Cl. The molecule has 11 heavy (non-hydrogen) atoms. The minimum atomic E-state index is -0.616. The molecule has 0 saturated carbocycles. The van der Waals surface area contributed by atoms with Gasteiger partial charge in [0.2, 0.25) is 0 Å². The van der Waals surface area contributed by atoms with E-state index in [0.29, 0.717) is 8.95 Å². The molecule has 0 amide bonds. The van der Waals surface area contributed by atoms with Crippen LogP contribution in [0.4, 0.5) is 4.39 Å². The van der Waals surface area contributed by atoms with Crippen molar-refractivity contribution in [3.63, 3.8) is 0 Å². The van der Waals surface area contributed by atoms with Gasteiger partial charge in [0.15, 0.2) is 5.82 Å². The Labute approximate surface area is 89.9 Å². The highest BCUT2D eigenvalue weighted by atomic mass is 79.9. The molecule has 0 aromatic heterocycles. The molecule has 1 aromatic rings. The predicted octanol–water partition coefficient (Wildman–Crippen LogP) is 4.66. The van der Waals surface area contributed by atoms with Crippen molar-refractivity contribution in [2.24, 2.45) is 0 Å². The number of hydrogen-bond acceptors (Lipinski definition) is 0. The largest absolute Gasteiger partial charge is 0.204 e. The van der Waals surface area contributed by atoms with Gasteiger partial charge in [-0.05, 0) is 37.9 Å². The molecule has 0 heterocycles. The molecule has 1 rings (SSSR count). The van der Waals surface area contributed by atoms with Crippen molar-refractivity contribution >= 4 is 55.1 Å². The van der Waals surface area contributed by atoms with E-state index in [1.807, 2.05) is 0 Å². The van der Waals surface area contributed by atoms with Crippen LogP contribution in [0.5, 0.6) is 0 Å². The fourth-order valence-corrected chi connectivity index (χ4v) is 2.00. The Morgan fingerprint density at radius 2 is 1.45 bits per heavy atom. The Balaban J connectivity index is 3.46. The molecule has 0 fully saturated rings. The smallest absolute Gasteiger partial charge is 0.162 e. The van der Waals surface area contributed by atoms with Crippen molar-refractivity contribution in [3.8, 4) is 0 Å². The summed E-state index contributed by atoms with van der Waals surface area (Å²) in [5, 5.41) is -0.00333. The summed E-state index contributed by atoms with van der Waals surface area (Å²) >= 11 is 17.2. The van der Waals surface area contributed by atoms with Crippen molar-refractivity contribution in [1.29, 1.82) is 0 Å². The number of hydrogen-bond donors (Lipinski definition) is 0. The molecule has 0 saturated heterocycles. The van der Waals surface area contributed by atoms with Gasteiger partial charge in [-0.15, -0.1) is 0 Å². The van der Waals surface area contributed by atoms with Crippen LogP contribution < -0.4 is 0 Å². The van der Waals surface area contributed by atoms with Crippen molar-refractivity contribution in [3.05, 3.63) is 30.9 Å². The minimum Gasteiger partial charge on any atom is -0.204 e. The lowest BCUT2D eigenvalue weighted by atomic mass is 10.3. The van der Waals surface area contributed by atoms with E-state index in [4.69, 9.17) is 23.2 Å². The lowest BCUT2D eigenvalue weighted by Crippen LogP contribution is -1.82. The van der Waals surface area contributed by atoms with E-state index in [2.05, 4.69) is 31.9 Å². The summed E-state index contributed by atoms with van der Waals surface area (Å²) < 4.78 is 13.9. The van der Waals surface area contributed by atoms with Gasteiger partial charge in [-0.1, -0.05) is 23.2 Å². The van der Waals surface area contributed by atoms with Gasteiger partial charge in [0, 0.05) is 8.95 Å². The maximum atomic E-state index is 12.9. The van der Waals surface area contributed by atoms with Crippen LogP contribution in [0.3, 0.4) is 0 Å². The highest BCUT2D eigenvalue weighted by molar-refractivity contribution is 9.11. The van der Waals surface area contributed by atoms with E-state index >= 15 is 0 Å². The van der Waals surface area contributed by atoms with Crippen LogP contribution in [0.1, 0.15) is 0 Å². The standard InChI is InChI=1S/C6HBr2Cl2F/c7-2-1-3(8)5(10)6(11)4(2)9/h1H. The van der Waals surface area contributed by atoms with Gasteiger partial charge >= 0.3 is 0 Å². The fourth-order valence-electron chi connectivity index (χ4n) is 0.544. The van der Waals surface area contributed by atoms with Crippen LogP contribution in [0.25, 0.3) is 0 Å². The molecule has 0 radical (unpaired) electrons. The van der Waals surface area contributed by atoms with Gasteiger partial charge in [-0.2, -0.15) is 0 Å². The predicted molar refractivity (Wildman–Crippen MR) is 51.8 cm³/mol. The van der Waals surface area contributed by atoms with Crippen molar-refractivity contribution in [1.82, 2.24) is 0 Å². The van der Waals surface area contributed by atoms with Gasteiger partial charge in [-0.3, -0.25) is 0 Å². The molecule has 0 aliphatic heterocycles. The molecule has 0 aliphatic rings. The zero-order valence-corrected chi connectivity index (χ0v) is 9.65. The van der Waals surface area contributed by atoms with E-state index < -0.39 is 5.82 Å². The minimum absolute atomic E-state index is 0.00167. The van der Waals surface area contributed by atoms with E-state index in [1.54, 1.807) is 6.07 Å². The molecule has 60 valence electrons. The molecule has 0 spiro atoms. The lowest BCUT2D eigenvalue weighted by molar-refractivity contribution is 0.627. The van der Waals surface area contributed by atoms with E-state index in [1.165, 1.54) is 0 Å². The first kappa shape index (κ1) is 9.78. The highest BCUT2D eigenvalue weighted by Gasteiger charge is 2.12. The third-order valence-corrected chi connectivity index (χ3v) is 3.50. The number of halogens is 5. The van der Waals surface area contributed by atoms with Crippen molar-refractivity contribution in [2.45, 2.75) is 0 Å². The average Bonchev–Trinajstić information content (AvgIpc) is 1.97. The van der Waals surface area contributed by atoms with E-state index in [-0.39, 0.29) is 10.0 Å². The molecular weight excluding hydrogens is 322 g/mol. The zero-order valence-electron chi connectivity index (χ0n) is 4.97. The Morgan fingerprint density at radius 3 is 1.82 bits per heavy atom. The van der Waals surface area contributed by atoms with Gasteiger partial charge in [0.25, 0.3) is 0 Å². The Morgan fingerprint density at radius 1 is 1.09 bits per heavy atom. The van der Waals surface area contributed by atoms with E-state index in [9.17, 15) is 4.39 Å². The van der Waals surface area contributed by atoms with Crippen molar-refractivity contribution < 1.29 is 4.39 Å². The fraction of sp³-hybridized carbons (Fsp3) is 0. The summed E-state index contributed by atoms with van der Waals surface area (Å²) in [6.45, 7) is 0. The molecule has 0 nitrogen and oxygen atoms in total. The van der Waals surface area contributed by atoms with Gasteiger partial charge in [0.1, 0.15) is 0 Å². The second-order valence-corrected chi connectivity index (χ2v) is 4.25. The molecule has 0 atom stereocenters. The Hall–Kier alpha value is 0.690. The Bertz CT molecular complexity index is 275. The maximum Gasteiger partial charge on any atom is 0.162 e. The van der Waals surface area contributed by atoms with Crippen LogP contribution in [0.15, 0.2) is 15.0 Å². The molecule has 0 bridgehead atoms. The molecule has 0 unspecified atom stereocenters. The summed E-state index contributed by atoms with van der Waals surface area (Å²) in [6, 6.07) is 1.59. The number of rotatable bonds is 0. The summed E-state index contributed by atoms with van der Waals surface area (Å²) in [5.41, 5.74) is 0. The average molecular weight is 323 g/mol. The third kappa shape index (κ3) is 1.89. The second kappa shape index (κ2) is 3.60. The second-order valence-electron chi connectivity index (χ2n) is 1.78. The Kier molecular flexibility index (Phi) is 3.20. The molecule has 0 aliphatic carbocycles. The van der Waals surface area contributed by atoms with Crippen LogP contribution in [0, 0.1) is 5.82 Å². The molecular formula is C6HBr2Cl2F. The zero-order chi connectivity index (χ0) is 8.59. The van der Waals surface area contributed by atoms with Gasteiger partial charge in [-0.25, -0.2) is 4.39 Å². The molecule has 5 heteroatoms. The lowest BCUT2D eigenvalue weighted by Gasteiger charge is -2.01. The van der Waals surface area contributed by atoms with Crippen LogP contribution in [-0.4, -0.2) is 0 Å².